The Labute approximate surface area is 93.4 Å². The van der Waals surface area contributed by atoms with E-state index in [1.165, 1.54) is 0 Å². The van der Waals surface area contributed by atoms with Gasteiger partial charge >= 0.3 is 93.3 Å². The molecule has 1 aromatic carbocycles. The monoisotopic (exact) mass is 274 g/mol. The maximum absolute atomic E-state index is 10.2. The molecular formula is C10H7ClO2Se. The summed E-state index contributed by atoms with van der Waals surface area (Å²) < 4.78 is 0. The third-order valence-corrected chi connectivity index (χ3v) is 2.90. The molecule has 0 aliphatic carbocycles. The minimum atomic E-state index is -0.796. The molecule has 1 rings (SSSR count). The van der Waals surface area contributed by atoms with Crippen LogP contribution in [0.25, 0.3) is 0 Å². The zero-order chi connectivity index (χ0) is 10.4. The normalized spacial score (nSPS) is 8.93. The molecule has 0 saturated heterocycles. The fourth-order valence-corrected chi connectivity index (χ4v) is 1.66. The van der Waals surface area contributed by atoms with E-state index in [0.717, 1.165) is 5.56 Å². The van der Waals surface area contributed by atoms with Crippen molar-refractivity contribution in [2.24, 2.45) is 0 Å². The Bertz CT molecular complexity index is 375. The Morgan fingerprint density at radius 2 is 2.07 bits per heavy atom. The zero-order valence-corrected chi connectivity index (χ0v) is 9.63. The van der Waals surface area contributed by atoms with E-state index < -0.39 is 5.97 Å². The summed E-state index contributed by atoms with van der Waals surface area (Å²) in [6, 6.07) is 7.14. The van der Waals surface area contributed by atoms with Gasteiger partial charge in [-0.1, -0.05) is 0 Å². The van der Waals surface area contributed by atoms with E-state index >= 15 is 0 Å². The standard InChI is InChI=1S/C10H7ClO2Se/c11-9-3-1-8(2-4-9)5-6-14-7-10(12)13/h1-4H,7H2,(H,12,13). The topological polar surface area (TPSA) is 37.3 Å². The Balaban J connectivity index is 2.51. The number of carbonyl (C=O) groups is 1. The average molecular weight is 274 g/mol. The molecule has 0 aliphatic rings. The molecule has 0 radical (unpaired) electrons. The molecule has 0 heterocycles. The van der Waals surface area contributed by atoms with Gasteiger partial charge in [-0.15, -0.1) is 0 Å². The van der Waals surface area contributed by atoms with Crippen LogP contribution in [0.4, 0.5) is 0 Å². The molecule has 0 spiro atoms. The van der Waals surface area contributed by atoms with E-state index in [2.05, 4.69) is 10.7 Å². The molecule has 2 nitrogen and oxygen atoms in total. The summed E-state index contributed by atoms with van der Waals surface area (Å²) in [7, 11) is 0. The van der Waals surface area contributed by atoms with Crippen molar-refractivity contribution in [1.82, 2.24) is 0 Å². The Kier molecular flexibility index (Phi) is 4.55. The van der Waals surface area contributed by atoms with E-state index in [1.54, 1.807) is 12.1 Å². The van der Waals surface area contributed by atoms with Crippen LogP contribution in [0.3, 0.4) is 0 Å². The van der Waals surface area contributed by atoms with Gasteiger partial charge in [-0.3, -0.25) is 0 Å². The van der Waals surface area contributed by atoms with Crippen LogP contribution in [-0.4, -0.2) is 26.0 Å². The average Bonchev–Trinajstić information content (AvgIpc) is 2.15. The molecular weight excluding hydrogens is 267 g/mol. The Morgan fingerprint density at radius 3 is 2.64 bits per heavy atom. The van der Waals surface area contributed by atoms with Gasteiger partial charge in [-0.25, -0.2) is 0 Å². The third kappa shape index (κ3) is 4.34. The number of carboxylic acid groups (broad SMARTS) is 1. The first-order valence-corrected chi connectivity index (χ1v) is 6.23. The van der Waals surface area contributed by atoms with E-state index in [1.807, 2.05) is 12.1 Å². The maximum atomic E-state index is 10.2. The summed E-state index contributed by atoms with van der Waals surface area (Å²) in [6.07, 6.45) is 0. The molecule has 14 heavy (non-hydrogen) atoms. The number of hydrogen-bond donors (Lipinski definition) is 1. The summed E-state index contributed by atoms with van der Waals surface area (Å²) in [5.74, 6) is 2.09. The second-order valence-corrected chi connectivity index (χ2v) is 4.49. The van der Waals surface area contributed by atoms with Crippen molar-refractivity contribution in [3.63, 3.8) is 0 Å². The minimum absolute atomic E-state index is 0.146. The zero-order valence-electron chi connectivity index (χ0n) is 7.16. The molecule has 0 aromatic heterocycles. The molecule has 4 heteroatoms. The predicted octanol–water partition coefficient (Wildman–Crippen LogP) is 1.86. The third-order valence-electron chi connectivity index (χ3n) is 1.31. The van der Waals surface area contributed by atoms with Crippen molar-refractivity contribution < 1.29 is 9.90 Å². The van der Waals surface area contributed by atoms with Gasteiger partial charge in [0, 0.05) is 0 Å². The van der Waals surface area contributed by atoms with E-state index in [-0.39, 0.29) is 20.3 Å². The number of aliphatic carboxylic acids is 1. The van der Waals surface area contributed by atoms with Gasteiger partial charge in [0.1, 0.15) is 0 Å². The number of halogens is 1. The van der Waals surface area contributed by atoms with Crippen molar-refractivity contribution in [1.29, 1.82) is 0 Å². The van der Waals surface area contributed by atoms with Crippen LogP contribution in [0.2, 0.25) is 10.3 Å². The summed E-state index contributed by atoms with van der Waals surface area (Å²) in [6.45, 7) is 0. The first-order chi connectivity index (χ1) is 6.68. The second kappa shape index (κ2) is 5.72. The van der Waals surface area contributed by atoms with E-state index in [9.17, 15) is 4.79 Å². The molecule has 1 aromatic rings. The van der Waals surface area contributed by atoms with Gasteiger partial charge in [0.25, 0.3) is 0 Å². The molecule has 72 valence electrons. The van der Waals surface area contributed by atoms with Crippen molar-refractivity contribution in [2.75, 3.05) is 0 Å². The van der Waals surface area contributed by atoms with Crippen LogP contribution in [0.1, 0.15) is 5.56 Å². The number of carboxylic acids is 1. The molecule has 0 fully saturated rings. The van der Waals surface area contributed by atoms with Gasteiger partial charge in [0.05, 0.1) is 0 Å². The van der Waals surface area contributed by atoms with Crippen molar-refractivity contribution in [2.45, 2.75) is 5.32 Å². The molecule has 0 aliphatic heterocycles. The molecule has 0 bridgehead atoms. The molecule has 0 unspecified atom stereocenters. The summed E-state index contributed by atoms with van der Waals surface area (Å²) in [4.78, 5) is 13.0. The quantitative estimate of drug-likeness (QED) is 0.660. The molecule has 0 amide bonds. The van der Waals surface area contributed by atoms with Crippen LogP contribution < -0.4 is 0 Å². The van der Waals surface area contributed by atoms with Crippen LogP contribution in [0.5, 0.6) is 0 Å². The first-order valence-electron chi connectivity index (χ1n) is 3.78. The van der Waals surface area contributed by atoms with E-state index in [4.69, 9.17) is 16.7 Å². The SMILES string of the molecule is O=C(O)C[Se]C#Cc1ccc(Cl)cc1. The van der Waals surface area contributed by atoms with Crippen LogP contribution in [-0.2, 0) is 4.79 Å². The first kappa shape index (κ1) is 11.1. The van der Waals surface area contributed by atoms with Crippen molar-refractivity contribution >= 4 is 32.5 Å². The van der Waals surface area contributed by atoms with Gasteiger partial charge in [0.2, 0.25) is 0 Å². The Hall–Kier alpha value is -0.941. The number of benzene rings is 1. The van der Waals surface area contributed by atoms with Gasteiger partial charge in [0.15, 0.2) is 0 Å². The van der Waals surface area contributed by atoms with Gasteiger partial charge in [-0.2, -0.15) is 0 Å². The predicted molar refractivity (Wildman–Crippen MR) is 56.5 cm³/mol. The van der Waals surface area contributed by atoms with Crippen molar-refractivity contribution in [3.05, 3.63) is 34.9 Å². The van der Waals surface area contributed by atoms with Crippen LogP contribution >= 0.6 is 11.6 Å². The summed E-state index contributed by atoms with van der Waals surface area (Å²) in [5, 5.41) is 9.20. The fourth-order valence-electron chi connectivity index (χ4n) is 0.726. The van der Waals surface area contributed by atoms with Gasteiger partial charge < -0.3 is 0 Å². The van der Waals surface area contributed by atoms with Crippen LogP contribution in [0, 0.1) is 10.7 Å². The second-order valence-electron chi connectivity index (χ2n) is 2.42. The number of rotatable bonds is 2. The van der Waals surface area contributed by atoms with E-state index in [0.29, 0.717) is 5.02 Å². The molecule has 0 atom stereocenters. The summed E-state index contributed by atoms with van der Waals surface area (Å²) in [5.41, 5.74) is 0.863. The summed E-state index contributed by atoms with van der Waals surface area (Å²) >= 11 is 5.55. The van der Waals surface area contributed by atoms with Crippen molar-refractivity contribution in [3.8, 4) is 10.7 Å². The molecule has 1 N–H and O–H groups in total. The van der Waals surface area contributed by atoms with Crippen LogP contribution in [0.15, 0.2) is 24.3 Å². The van der Waals surface area contributed by atoms with Gasteiger partial charge in [-0.05, 0) is 0 Å². The molecule has 0 saturated carbocycles. The number of hydrogen-bond acceptors (Lipinski definition) is 1. The fraction of sp³-hybridized carbons (Fsp3) is 0.100. The Morgan fingerprint density at radius 1 is 1.43 bits per heavy atom.